The third-order valence-corrected chi connectivity index (χ3v) is 3.96. The highest BCUT2D eigenvalue weighted by Crippen LogP contribution is 2.33. The summed E-state index contributed by atoms with van der Waals surface area (Å²) in [5.41, 5.74) is 5.17. The molecule has 0 fully saturated rings. The number of nitrogens with one attached hydrogen (secondary N) is 1. The molecule has 0 bridgehead atoms. The summed E-state index contributed by atoms with van der Waals surface area (Å²) in [6, 6.07) is 1.11. The van der Waals surface area contributed by atoms with Gasteiger partial charge in [-0.3, -0.25) is 0 Å². The zero-order valence-electron chi connectivity index (χ0n) is 12.9. The van der Waals surface area contributed by atoms with Gasteiger partial charge in [0.1, 0.15) is 5.82 Å². The molecule has 0 saturated carbocycles. The van der Waals surface area contributed by atoms with Crippen LogP contribution in [-0.4, -0.2) is 29.5 Å². The zero-order valence-corrected chi connectivity index (χ0v) is 14.5. The molecular formula is C15H15BrFN3O4. The smallest absolute Gasteiger partial charge is 0.338 e. The Bertz CT molecular complexity index is 750. The standard InChI is InChI=1S/C15H15BrFN3O4/c1-3-24-13(21)11-7(2)20(14(18)22)15(23)19-12(11)9-6-8(16)4-5-10(9)17/h4-6,12H,3H2,1-2H3,(H2,18,22)(H,19,23). The van der Waals surface area contributed by atoms with E-state index in [-0.39, 0.29) is 23.4 Å². The molecule has 0 spiro atoms. The quantitative estimate of drug-likeness (QED) is 0.762. The number of carbonyl (C=O) groups is 3. The number of benzene rings is 1. The van der Waals surface area contributed by atoms with Crippen LogP contribution in [0, 0.1) is 5.82 Å². The van der Waals surface area contributed by atoms with Crippen LogP contribution >= 0.6 is 15.9 Å². The number of amides is 4. The summed E-state index contributed by atoms with van der Waals surface area (Å²) in [6.07, 6.45) is 0. The summed E-state index contributed by atoms with van der Waals surface area (Å²) in [5.74, 6) is -1.39. The van der Waals surface area contributed by atoms with Crippen LogP contribution in [0.5, 0.6) is 0 Å². The fraction of sp³-hybridized carbons (Fsp3) is 0.267. The number of urea groups is 2. The van der Waals surface area contributed by atoms with Gasteiger partial charge in [-0.05, 0) is 32.0 Å². The first-order valence-electron chi connectivity index (χ1n) is 7.00. The van der Waals surface area contributed by atoms with Gasteiger partial charge in [-0.1, -0.05) is 15.9 Å². The first kappa shape index (κ1) is 17.9. The Balaban J connectivity index is 2.65. The van der Waals surface area contributed by atoms with Crippen molar-refractivity contribution in [3.05, 3.63) is 45.3 Å². The molecule has 1 atom stereocenters. The van der Waals surface area contributed by atoms with E-state index in [4.69, 9.17) is 10.5 Å². The third kappa shape index (κ3) is 3.25. The van der Waals surface area contributed by atoms with Crippen LogP contribution in [0.3, 0.4) is 0 Å². The Morgan fingerprint density at radius 3 is 2.71 bits per heavy atom. The van der Waals surface area contributed by atoms with Crippen molar-refractivity contribution in [1.82, 2.24) is 10.2 Å². The number of primary amides is 1. The minimum atomic E-state index is -1.11. The van der Waals surface area contributed by atoms with E-state index in [1.165, 1.54) is 25.1 Å². The largest absolute Gasteiger partial charge is 0.463 e. The normalized spacial score (nSPS) is 17.6. The van der Waals surface area contributed by atoms with E-state index >= 15 is 0 Å². The highest BCUT2D eigenvalue weighted by atomic mass is 79.9. The van der Waals surface area contributed by atoms with Gasteiger partial charge in [0.15, 0.2) is 0 Å². The zero-order chi connectivity index (χ0) is 18.0. The molecule has 1 unspecified atom stereocenters. The summed E-state index contributed by atoms with van der Waals surface area (Å²) in [6.45, 7) is 3.06. The lowest BCUT2D eigenvalue weighted by Gasteiger charge is -2.33. The molecule has 1 aromatic carbocycles. The fourth-order valence-electron chi connectivity index (χ4n) is 2.45. The van der Waals surface area contributed by atoms with Crippen molar-refractivity contribution in [2.75, 3.05) is 6.61 Å². The molecule has 0 aliphatic carbocycles. The van der Waals surface area contributed by atoms with Crippen molar-refractivity contribution in [3.63, 3.8) is 0 Å². The monoisotopic (exact) mass is 399 g/mol. The lowest BCUT2D eigenvalue weighted by atomic mass is 9.94. The van der Waals surface area contributed by atoms with Crippen LogP contribution in [-0.2, 0) is 9.53 Å². The second-order valence-corrected chi connectivity index (χ2v) is 5.86. The predicted octanol–water partition coefficient (Wildman–Crippen LogP) is 2.57. The maximum absolute atomic E-state index is 14.2. The molecule has 1 aromatic rings. The van der Waals surface area contributed by atoms with Crippen molar-refractivity contribution < 1.29 is 23.5 Å². The predicted molar refractivity (Wildman–Crippen MR) is 86.1 cm³/mol. The molecule has 0 aromatic heterocycles. The van der Waals surface area contributed by atoms with Crippen LogP contribution in [0.2, 0.25) is 0 Å². The molecule has 1 aliphatic heterocycles. The molecule has 24 heavy (non-hydrogen) atoms. The van der Waals surface area contributed by atoms with E-state index in [0.29, 0.717) is 9.37 Å². The second kappa shape index (κ2) is 7.00. The first-order chi connectivity index (χ1) is 11.3. The molecule has 2 rings (SSSR count). The van der Waals surface area contributed by atoms with Crippen LogP contribution in [0.1, 0.15) is 25.5 Å². The van der Waals surface area contributed by atoms with Crippen LogP contribution in [0.25, 0.3) is 0 Å². The summed E-state index contributed by atoms with van der Waals surface area (Å²) >= 11 is 3.22. The van der Waals surface area contributed by atoms with Crippen LogP contribution in [0.4, 0.5) is 14.0 Å². The molecular weight excluding hydrogens is 385 g/mol. The van der Waals surface area contributed by atoms with Crippen LogP contribution < -0.4 is 11.1 Å². The van der Waals surface area contributed by atoms with Crippen molar-refractivity contribution in [2.24, 2.45) is 5.73 Å². The molecule has 1 heterocycles. The molecule has 128 valence electrons. The van der Waals surface area contributed by atoms with Crippen molar-refractivity contribution >= 4 is 34.0 Å². The van der Waals surface area contributed by atoms with Crippen molar-refractivity contribution in [2.45, 2.75) is 19.9 Å². The third-order valence-electron chi connectivity index (χ3n) is 3.47. The summed E-state index contributed by atoms with van der Waals surface area (Å²) in [4.78, 5) is 36.6. The van der Waals surface area contributed by atoms with Crippen LogP contribution in [0.15, 0.2) is 33.9 Å². The second-order valence-electron chi connectivity index (χ2n) is 4.94. The Hall–Kier alpha value is -2.42. The number of halogens is 2. The van der Waals surface area contributed by atoms with E-state index in [1.807, 2.05) is 0 Å². The molecule has 0 saturated heterocycles. The number of imide groups is 1. The fourth-order valence-corrected chi connectivity index (χ4v) is 2.83. The number of ether oxygens (including phenoxy) is 1. The average molecular weight is 400 g/mol. The Morgan fingerprint density at radius 1 is 1.46 bits per heavy atom. The van der Waals surface area contributed by atoms with Crippen molar-refractivity contribution in [3.8, 4) is 0 Å². The number of esters is 1. The number of hydrogen-bond donors (Lipinski definition) is 2. The minimum Gasteiger partial charge on any atom is -0.463 e. The number of nitrogens with two attached hydrogens (primary N) is 1. The molecule has 3 N–H and O–H groups in total. The topological polar surface area (TPSA) is 102 Å². The van der Waals surface area contributed by atoms with E-state index in [0.717, 1.165) is 0 Å². The highest BCUT2D eigenvalue weighted by Gasteiger charge is 2.39. The Labute approximate surface area is 145 Å². The van der Waals surface area contributed by atoms with Gasteiger partial charge >= 0.3 is 18.0 Å². The number of nitrogens with zero attached hydrogens (tertiary/aromatic N) is 1. The molecule has 0 radical (unpaired) electrons. The number of hydrogen-bond acceptors (Lipinski definition) is 4. The van der Waals surface area contributed by atoms with E-state index < -0.39 is 29.9 Å². The summed E-state index contributed by atoms with van der Waals surface area (Å²) in [7, 11) is 0. The van der Waals surface area contributed by atoms with Gasteiger partial charge in [-0.15, -0.1) is 0 Å². The van der Waals surface area contributed by atoms with Crippen molar-refractivity contribution in [1.29, 1.82) is 0 Å². The minimum absolute atomic E-state index is 0.00549. The Kier molecular flexibility index (Phi) is 5.23. The van der Waals surface area contributed by atoms with Gasteiger partial charge in [0.2, 0.25) is 0 Å². The number of allylic oxidation sites excluding steroid dienone is 1. The molecule has 7 nitrogen and oxygen atoms in total. The summed E-state index contributed by atoms with van der Waals surface area (Å²) in [5, 5.41) is 2.42. The molecule has 4 amide bonds. The van der Waals surface area contributed by atoms with Gasteiger partial charge < -0.3 is 15.8 Å². The highest BCUT2D eigenvalue weighted by molar-refractivity contribution is 9.10. The van der Waals surface area contributed by atoms with Gasteiger partial charge in [-0.2, -0.15) is 0 Å². The SMILES string of the molecule is CCOC(=O)C1=C(C)N(C(N)=O)C(=O)NC1c1cc(Br)ccc1F. The molecule has 9 heteroatoms. The maximum Gasteiger partial charge on any atom is 0.338 e. The number of rotatable bonds is 3. The van der Waals surface area contributed by atoms with E-state index in [9.17, 15) is 18.8 Å². The lowest BCUT2D eigenvalue weighted by molar-refractivity contribution is -0.139. The van der Waals surface area contributed by atoms with Gasteiger partial charge in [0.25, 0.3) is 0 Å². The molecule has 1 aliphatic rings. The van der Waals surface area contributed by atoms with E-state index in [2.05, 4.69) is 21.2 Å². The van der Waals surface area contributed by atoms with Gasteiger partial charge in [0, 0.05) is 15.7 Å². The van der Waals surface area contributed by atoms with E-state index in [1.54, 1.807) is 6.92 Å². The lowest BCUT2D eigenvalue weighted by Crippen LogP contribution is -2.52. The summed E-state index contributed by atoms with van der Waals surface area (Å²) < 4.78 is 19.8. The number of carbonyl (C=O) groups excluding carboxylic acids is 3. The Morgan fingerprint density at radius 2 is 2.12 bits per heavy atom. The first-order valence-corrected chi connectivity index (χ1v) is 7.80. The average Bonchev–Trinajstić information content (AvgIpc) is 2.48. The van der Waals surface area contributed by atoms with Gasteiger partial charge in [-0.25, -0.2) is 23.7 Å². The maximum atomic E-state index is 14.2. The van der Waals surface area contributed by atoms with Gasteiger partial charge in [0.05, 0.1) is 18.2 Å².